The van der Waals surface area contributed by atoms with E-state index >= 15 is 0 Å². The number of fused-ring (bicyclic) bond motifs is 1. The van der Waals surface area contributed by atoms with E-state index in [0.717, 1.165) is 5.56 Å². The van der Waals surface area contributed by atoms with Gasteiger partial charge in [-0.3, -0.25) is 14.5 Å². The van der Waals surface area contributed by atoms with Gasteiger partial charge in [-0.1, -0.05) is 59.2 Å². The fourth-order valence-corrected chi connectivity index (χ4v) is 4.05. The van der Waals surface area contributed by atoms with Crippen LogP contribution in [-0.4, -0.2) is 19.7 Å². The summed E-state index contributed by atoms with van der Waals surface area (Å²) in [5.74, 6) is 0.576. The van der Waals surface area contributed by atoms with Gasteiger partial charge in [0, 0.05) is 15.8 Å². The maximum absolute atomic E-state index is 13.0. The zero-order valence-corrected chi connectivity index (χ0v) is 15.6. The van der Waals surface area contributed by atoms with E-state index < -0.39 is 0 Å². The Kier molecular flexibility index (Phi) is 4.72. The Morgan fingerprint density at radius 2 is 1.96 bits per heavy atom. The van der Waals surface area contributed by atoms with Crippen LogP contribution in [0.25, 0.3) is 16.7 Å². The van der Waals surface area contributed by atoms with Crippen molar-refractivity contribution in [3.8, 4) is 5.69 Å². The van der Waals surface area contributed by atoms with Crippen LogP contribution >= 0.6 is 35.0 Å². The number of H-pyrrole nitrogens is 1. The van der Waals surface area contributed by atoms with Crippen molar-refractivity contribution in [1.29, 1.82) is 0 Å². The van der Waals surface area contributed by atoms with Gasteiger partial charge in [0.25, 0.3) is 5.56 Å². The molecule has 0 unspecified atom stereocenters. The molecule has 0 saturated carbocycles. The molecule has 0 fully saturated rings. The van der Waals surface area contributed by atoms with Crippen molar-refractivity contribution in [1.82, 2.24) is 19.7 Å². The lowest BCUT2D eigenvalue weighted by Gasteiger charge is -2.12. The molecule has 26 heavy (non-hydrogen) atoms. The van der Waals surface area contributed by atoms with Gasteiger partial charge in [0.2, 0.25) is 0 Å². The lowest BCUT2D eigenvalue weighted by Crippen LogP contribution is -2.21. The smallest absolute Gasteiger partial charge is 0.268 e. The number of hydrogen-bond donors (Lipinski definition) is 1. The average Bonchev–Trinajstić information content (AvgIpc) is 3.10. The van der Waals surface area contributed by atoms with E-state index in [1.165, 1.54) is 18.0 Å². The Morgan fingerprint density at radius 1 is 1.12 bits per heavy atom. The highest BCUT2D eigenvalue weighted by molar-refractivity contribution is 7.98. The van der Waals surface area contributed by atoms with Crippen LogP contribution in [0.4, 0.5) is 0 Å². The van der Waals surface area contributed by atoms with E-state index in [0.29, 0.717) is 37.7 Å². The van der Waals surface area contributed by atoms with E-state index in [1.807, 2.05) is 30.3 Å². The number of nitrogens with one attached hydrogen (secondary N) is 1. The van der Waals surface area contributed by atoms with Gasteiger partial charge in [-0.15, -0.1) is 0 Å². The van der Waals surface area contributed by atoms with Gasteiger partial charge >= 0.3 is 0 Å². The van der Waals surface area contributed by atoms with E-state index in [1.54, 1.807) is 22.8 Å². The molecule has 2 heterocycles. The number of thioether (sulfide) groups is 1. The van der Waals surface area contributed by atoms with Crippen LogP contribution in [0.2, 0.25) is 10.0 Å². The quantitative estimate of drug-likeness (QED) is 0.396. The van der Waals surface area contributed by atoms with Crippen LogP contribution < -0.4 is 5.56 Å². The van der Waals surface area contributed by atoms with Crippen LogP contribution in [0.1, 0.15) is 5.56 Å². The first-order valence-corrected chi connectivity index (χ1v) is 9.46. The van der Waals surface area contributed by atoms with E-state index in [9.17, 15) is 4.79 Å². The predicted octanol–water partition coefficient (Wildman–Crippen LogP) is 4.71. The fraction of sp³-hybridized carbons (Fsp3) is 0.0556. The first kappa shape index (κ1) is 17.1. The second kappa shape index (κ2) is 7.15. The van der Waals surface area contributed by atoms with Crippen molar-refractivity contribution >= 4 is 46.0 Å². The SMILES string of the molecule is O=c1c2cn[nH]c2nc(SCc2ccccc2Cl)n1-c1cccc(Cl)c1. The number of hydrogen-bond acceptors (Lipinski definition) is 4. The molecule has 2 aromatic heterocycles. The lowest BCUT2D eigenvalue weighted by molar-refractivity contribution is 0.816. The van der Waals surface area contributed by atoms with E-state index in [-0.39, 0.29) is 5.56 Å². The Morgan fingerprint density at radius 3 is 2.77 bits per heavy atom. The summed E-state index contributed by atoms with van der Waals surface area (Å²) < 4.78 is 1.55. The third kappa shape index (κ3) is 3.23. The van der Waals surface area contributed by atoms with Crippen LogP contribution in [0.5, 0.6) is 0 Å². The number of aromatic amines is 1. The summed E-state index contributed by atoms with van der Waals surface area (Å²) in [5, 5.41) is 8.88. The van der Waals surface area contributed by atoms with Gasteiger partial charge in [-0.05, 0) is 29.8 Å². The molecule has 0 aliphatic rings. The Hall–Kier alpha value is -2.28. The second-order valence-electron chi connectivity index (χ2n) is 5.53. The summed E-state index contributed by atoms with van der Waals surface area (Å²) in [6.07, 6.45) is 1.48. The zero-order chi connectivity index (χ0) is 18.1. The van der Waals surface area contributed by atoms with Crippen molar-refractivity contribution in [2.75, 3.05) is 0 Å². The average molecular weight is 403 g/mol. The third-order valence-corrected chi connectivity index (χ3v) is 5.42. The molecule has 8 heteroatoms. The molecule has 5 nitrogen and oxygen atoms in total. The van der Waals surface area contributed by atoms with E-state index in [4.69, 9.17) is 23.2 Å². The number of benzene rings is 2. The molecule has 0 radical (unpaired) electrons. The third-order valence-electron chi connectivity index (χ3n) is 3.83. The Bertz CT molecular complexity index is 1160. The van der Waals surface area contributed by atoms with Crippen molar-refractivity contribution in [3.63, 3.8) is 0 Å². The lowest BCUT2D eigenvalue weighted by atomic mass is 10.2. The van der Waals surface area contributed by atoms with Gasteiger partial charge in [0.1, 0.15) is 5.39 Å². The highest BCUT2D eigenvalue weighted by Gasteiger charge is 2.15. The number of halogens is 2. The van der Waals surface area contributed by atoms with Gasteiger partial charge in [0.15, 0.2) is 10.8 Å². The Balaban J connectivity index is 1.83. The molecule has 0 amide bonds. The maximum atomic E-state index is 13.0. The molecule has 0 spiro atoms. The molecule has 0 aliphatic heterocycles. The maximum Gasteiger partial charge on any atom is 0.269 e. The minimum absolute atomic E-state index is 0.201. The standard InChI is InChI=1S/C18H12Cl2N4OS/c19-12-5-3-6-13(8-12)24-17(25)14-9-21-23-16(14)22-18(24)26-10-11-4-1-2-7-15(11)20/h1-9H,10H2,(H,21,23). The summed E-state index contributed by atoms with van der Waals surface area (Å²) in [6.45, 7) is 0. The summed E-state index contributed by atoms with van der Waals surface area (Å²) >= 11 is 13.8. The van der Waals surface area contributed by atoms with Crippen LogP contribution in [0.15, 0.2) is 64.7 Å². The molecule has 0 atom stereocenters. The molecule has 4 rings (SSSR count). The normalized spacial score (nSPS) is 11.2. The molecule has 0 saturated heterocycles. The monoisotopic (exact) mass is 402 g/mol. The summed E-state index contributed by atoms with van der Waals surface area (Å²) in [7, 11) is 0. The second-order valence-corrected chi connectivity index (χ2v) is 7.31. The minimum Gasteiger partial charge on any atom is -0.268 e. The molecule has 0 aliphatic carbocycles. The van der Waals surface area contributed by atoms with Crippen LogP contribution in [0, 0.1) is 0 Å². The number of aromatic nitrogens is 4. The predicted molar refractivity (Wildman–Crippen MR) is 106 cm³/mol. The topological polar surface area (TPSA) is 63.6 Å². The van der Waals surface area contributed by atoms with Gasteiger partial charge in [-0.25, -0.2) is 4.98 Å². The van der Waals surface area contributed by atoms with Crippen molar-refractivity contribution < 1.29 is 0 Å². The van der Waals surface area contributed by atoms with Crippen LogP contribution in [-0.2, 0) is 5.75 Å². The first-order valence-electron chi connectivity index (χ1n) is 7.72. The Labute approximate surface area is 163 Å². The first-order chi connectivity index (χ1) is 12.6. The molecule has 2 aromatic carbocycles. The zero-order valence-electron chi connectivity index (χ0n) is 13.3. The highest BCUT2D eigenvalue weighted by atomic mass is 35.5. The number of nitrogens with zero attached hydrogens (tertiary/aromatic N) is 3. The fourth-order valence-electron chi connectivity index (χ4n) is 2.57. The van der Waals surface area contributed by atoms with Gasteiger partial charge < -0.3 is 0 Å². The van der Waals surface area contributed by atoms with Crippen molar-refractivity contribution in [3.05, 3.63) is 80.7 Å². The highest BCUT2D eigenvalue weighted by Crippen LogP contribution is 2.27. The molecule has 0 bridgehead atoms. The van der Waals surface area contributed by atoms with Crippen molar-refractivity contribution in [2.45, 2.75) is 10.9 Å². The molecular weight excluding hydrogens is 391 g/mol. The van der Waals surface area contributed by atoms with Crippen LogP contribution in [0.3, 0.4) is 0 Å². The molecule has 1 N–H and O–H groups in total. The minimum atomic E-state index is -0.201. The molecule has 130 valence electrons. The van der Waals surface area contributed by atoms with E-state index in [2.05, 4.69) is 15.2 Å². The largest absolute Gasteiger partial charge is 0.269 e. The molecular formula is C18H12Cl2N4OS. The number of rotatable bonds is 4. The summed E-state index contributed by atoms with van der Waals surface area (Å²) in [4.78, 5) is 17.5. The van der Waals surface area contributed by atoms with Crippen molar-refractivity contribution in [2.24, 2.45) is 0 Å². The summed E-state index contributed by atoms with van der Waals surface area (Å²) in [6, 6.07) is 14.7. The van der Waals surface area contributed by atoms with Gasteiger partial charge in [-0.2, -0.15) is 5.10 Å². The summed E-state index contributed by atoms with van der Waals surface area (Å²) in [5.41, 5.74) is 1.87. The molecule has 4 aromatic rings. The van der Waals surface area contributed by atoms with Gasteiger partial charge in [0.05, 0.1) is 11.9 Å².